The van der Waals surface area contributed by atoms with Crippen molar-refractivity contribution < 1.29 is 9.18 Å². The molecule has 0 bridgehead atoms. The maximum atomic E-state index is 12.7. The summed E-state index contributed by atoms with van der Waals surface area (Å²) < 4.78 is 12.7. The monoisotopic (exact) mass is 309 g/mol. The van der Waals surface area contributed by atoms with E-state index in [0.29, 0.717) is 16.4 Å². The first-order valence-electron chi connectivity index (χ1n) is 5.54. The van der Waals surface area contributed by atoms with Crippen LogP contribution in [0.4, 0.5) is 10.2 Å². The van der Waals surface area contributed by atoms with Crippen LogP contribution in [-0.4, -0.2) is 16.0 Å². The van der Waals surface area contributed by atoms with Gasteiger partial charge < -0.3 is 5.32 Å². The largest absolute Gasteiger partial charge is 0.317 e. The first-order chi connectivity index (χ1) is 9.54. The normalized spacial score (nSPS) is 9.90. The fourth-order valence-corrected chi connectivity index (χ4v) is 1.68. The Morgan fingerprint density at radius 2 is 1.90 bits per heavy atom. The third-order valence-corrected chi connectivity index (χ3v) is 2.73. The molecule has 0 atom stereocenters. The van der Waals surface area contributed by atoms with Gasteiger partial charge in [0.05, 0.1) is 5.02 Å². The van der Waals surface area contributed by atoms with E-state index in [1.54, 1.807) is 12.1 Å². The molecule has 20 heavy (non-hydrogen) atoms. The summed E-state index contributed by atoms with van der Waals surface area (Å²) in [5.74, 6) is -0.386. The van der Waals surface area contributed by atoms with Gasteiger partial charge in [-0.25, -0.2) is 9.37 Å². The quantitative estimate of drug-likeness (QED) is 0.837. The minimum Gasteiger partial charge on any atom is -0.317 e. The topological polar surface area (TPSA) is 54.0 Å². The second-order valence-electron chi connectivity index (χ2n) is 3.78. The number of anilines is 1. The zero-order valence-electron chi connectivity index (χ0n) is 10.1. The lowest BCUT2D eigenvalue weighted by Crippen LogP contribution is -2.34. The fourth-order valence-electron chi connectivity index (χ4n) is 1.37. The number of carbonyl (C=O) groups excluding carboxylic acids is 1. The minimum absolute atomic E-state index is 0.0918. The van der Waals surface area contributed by atoms with E-state index >= 15 is 0 Å². The maximum Gasteiger partial charge on any atom is 0.257 e. The molecule has 0 aliphatic rings. The van der Waals surface area contributed by atoms with E-state index in [4.69, 9.17) is 23.8 Å². The number of nitrogens with one attached hydrogen (secondary N) is 2. The van der Waals surface area contributed by atoms with E-state index in [2.05, 4.69) is 15.6 Å². The molecule has 2 rings (SSSR count). The van der Waals surface area contributed by atoms with E-state index in [0.717, 1.165) is 0 Å². The van der Waals surface area contributed by atoms with Gasteiger partial charge in [0.25, 0.3) is 5.91 Å². The molecule has 0 radical (unpaired) electrons. The Labute approximate surface area is 125 Å². The number of rotatable bonds is 2. The third-order valence-electron chi connectivity index (χ3n) is 2.30. The van der Waals surface area contributed by atoms with Crippen molar-refractivity contribution in [3.63, 3.8) is 0 Å². The molecule has 7 heteroatoms. The summed E-state index contributed by atoms with van der Waals surface area (Å²) in [5, 5.41) is 5.79. The lowest BCUT2D eigenvalue weighted by molar-refractivity contribution is 0.0977. The first-order valence-corrected chi connectivity index (χ1v) is 6.32. The number of amides is 1. The van der Waals surface area contributed by atoms with Crippen molar-refractivity contribution in [3.05, 3.63) is 59.0 Å². The van der Waals surface area contributed by atoms with Gasteiger partial charge >= 0.3 is 0 Å². The highest BCUT2D eigenvalue weighted by Gasteiger charge is 2.08. The number of thiocarbonyl (C=S) groups is 1. The number of aromatic nitrogens is 1. The molecule has 2 aromatic rings. The highest BCUT2D eigenvalue weighted by Crippen LogP contribution is 2.09. The zero-order valence-corrected chi connectivity index (χ0v) is 11.6. The SMILES string of the molecule is O=C(NC(=S)Nc1ccc(Cl)cn1)c1ccc(F)cc1. The number of halogens is 2. The van der Waals surface area contributed by atoms with Gasteiger partial charge in [0, 0.05) is 11.8 Å². The molecular weight excluding hydrogens is 301 g/mol. The van der Waals surface area contributed by atoms with Gasteiger partial charge in [-0.1, -0.05) is 11.6 Å². The first kappa shape index (κ1) is 14.4. The zero-order chi connectivity index (χ0) is 14.5. The van der Waals surface area contributed by atoms with E-state index < -0.39 is 11.7 Å². The van der Waals surface area contributed by atoms with E-state index in [9.17, 15) is 9.18 Å². The Morgan fingerprint density at radius 1 is 1.20 bits per heavy atom. The van der Waals surface area contributed by atoms with Gasteiger partial charge in [-0.2, -0.15) is 0 Å². The van der Waals surface area contributed by atoms with Crippen LogP contribution in [0.15, 0.2) is 42.6 Å². The summed E-state index contributed by atoms with van der Waals surface area (Å²) in [6.07, 6.45) is 1.45. The van der Waals surface area contributed by atoms with Gasteiger partial charge in [-0.3, -0.25) is 10.1 Å². The summed E-state index contributed by atoms with van der Waals surface area (Å²) in [5.41, 5.74) is 0.305. The number of nitrogens with zero attached hydrogens (tertiary/aromatic N) is 1. The van der Waals surface area contributed by atoms with Crippen molar-refractivity contribution in [1.29, 1.82) is 0 Å². The van der Waals surface area contributed by atoms with Crippen LogP contribution >= 0.6 is 23.8 Å². The molecule has 1 amide bonds. The van der Waals surface area contributed by atoms with Gasteiger partial charge in [0.2, 0.25) is 0 Å². The van der Waals surface area contributed by atoms with Gasteiger partial charge in [0.1, 0.15) is 11.6 Å². The molecule has 0 aliphatic carbocycles. The Morgan fingerprint density at radius 3 is 2.50 bits per heavy atom. The van der Waals surface area contributed by atoms with Crippen molar-refractivity contribution >= 4 is 40.7 Å². The molecule has 0 spiro atoms. The van der Waals surface area contributed by atoms with Crippen LogP contribution in [0.3, 0.4) is 0 Å². The van der Waals surface area contributed by atoms with Crippen LogP contribution in [-0.2, 0) is 0 Å². The van der Waals surface area contributed by atoms with Crippen LogP contribution in [0.2, 0.25) is 5.02 Å². The molecule has 0 saturated heterocycles. The van der Waals surface area contributed by atoms with Crippen molar-refractivity contribution in [3.8, 4) is 0 Å². The molecular formula is C13H9ClFN3OS. The molecule has 1 aromatic heterocycles. The molecule has 1 aromatic carbocycles. The third kappa shape index (κ3) is 3.97. The Bertz CT molecular complexity index is 631. The van der Waals surface area contributed by atoms with E-state index in [1.165, 1.54) is 30.5 Å². The van der Waals surface area contributed by atoms with Crippen molar-refractivity contribution in [2.45, 2.75) is 0 Å². The molecule has 4 nitrogen and oxygen atoms in total. The highest BCUT2D eigenvalue weighted by atomic mass is 35.5. The number of benzene rings is 1. The minimum atomic E-state index is -0.434. The van der Waals surface area contributed by atoms with Gasteiger partial charge in [-0.15, -0.1) is 0 Å². The lowest BCUT2D eigenvalue weighted by Gasteiger charge is -2.08. The molecule has 0 fully saturated rings. The summed E-state index contributed by atoms with van der Waals surface area (Å²) in [6.45, 7) is 0. The highest BCUT2D eigenvalue weighted by molar-refractivity contribution is 7.80. The number of pyridine rings is 1. The molecule has 0 unspecified atom stereocenters. The van der Waals surface area contributed by atoms with Crippen LogP contribution < -0.4 is 10.6 Å². The predicted octanol–water partition coefficient (Wildman–Crippen LogP) is 3.00. The second-order valence-corrected chi connectivity index (χ2v) is 4.62. The van der Waals surface area contributed by atoms with Gasteiger partial charge in [-0.05, 0) is 48.6 Å². The van der Waals surface area contributed by atoms with Gasteiger partial charge in [0.15, 0.2) is 5.11 Å². The molecule has 102 valence electrons. The fraction of sp³-hybridized carbons (Fsp3) is 0. The Hall–Kier alpha value is -2.05. The van der Waals surface area contributed by atoms with Crippen LogP contribution in [0.5, 0.6) is 0 Å². The van der Waals surface area contributed by atoms with Crippen molar-refractivity contribution in [2.75, 3.05) is 5.32 Å². The lowest BCUT2D eigenvalue weighted by atomic mass is 10.2. The van der Waals surface area contributed by atoms with Crippen LogP contribution in [0.1, 0.15) is 10.4 Å². The summed E-state index contributed by atoms with van der Waals surface area (Å²) in [7, 11) is 0. The molecule has 0 aliphatic heterocycles. The summed E-state index contributed by atoms with van der Waals surface area (Å²) in [6, 6.07) is 8.40. The number of hydrogen-bond donors (Lipinski definition) is 2. The van der Waals surface area contributed by atoms with E-state index in [1.807, 2.05) is 0 Å². The van der Waals surface area contributed by atoms with Crippen molar-refractivity contribution in [1.82, 2.24) is 10.3 Å². The van der Waals surface area contributed by atoms with Crippen LogP contribution in [0, 0.1) is 5.82 Å². The number of hydrogen-bond acceptors (Lipinski definition) is 3. The van der Waals surface area contributed by atoms with E-state index in [-0.39, 0.29) is 5.11 Å². The predicted molar refractivity (Wildman–Crippen MR) is 79.3 cm³/mol. The summed E-state index contributed by atoms with van der Waals surface area (Å²) >= 11 is 10.7. The average Bonchev–Trinajstić information content (AvgIpc) is 2.42. The Balaban J connectivity index is 1.95. The number of carbonyl (C=O) groups is 1. The molecule has 2 N–H and O–H groups in total. The van der Waals surface area contributed by atoms with Crippen LogP contribution in [0.25, 0.3) is 0 Å². The van der Waals surface area contributed by atoms with Crippen molar-refractivity contribution in [2.24, 2.45) is 0 Å². The average molecular weight is 310 g/mol. The smallest absolute Gasteiger partial charge is 0.257 e. The standard InChI is InChI=1S/C13H9ClFN3OS/c14-9-3-6-11(16-7-9)17-13(20)18-12(19)8-1-4-10(15)5-2-8/h1-7H,(H2,16,17,18,19,20). The Kier molecular flexibility index (Phi) is 4.60. The second kappa shape index (κ2) is 6.40. The summed E-state index contributed by atoms with van der Waals surface area (Å²) in [4.78, 5) is 15.8. The maximum absolute atomic E-state index is 12.7. The molecule has 0 saturated carbocycles. The molecule has 1 heterocycles.